The second kappa shape index (κ2) is 5.68. The van der Waals surface area contributed by atoms with E-state index in [9.17, 15) is 4.79 Å². The van der Waals surface area contributed by atoms with Crippen LogP contribution in [-0.2, 0) is 0 Å². The highest BCUT2D eigenvalue weighted by Crippen LogP contribution is 2.23. The van der Waals surface area contributed by atoms with Crippen LogP contribution < -0.4 is 10.1 Å². The molecule has 8 heteroatoms. The Morgan fingerprint density at radius 2 is 2.14 bits per heavy atom. The van der Waals surface area contributed by atoms with Gasteiger partial charge in [0.25, 0.3) is 5.91 Å². The standard InChI is InChI=1S/C14H12N4O4/c1-8-6-11(18-22-8)12(19)15-14-17-16-13(21-14)9-4-3-5-10(7-9)20-2/h3-7H,1-2H3,(H,15,17,19). The van der Waals surface area contributed by atoms with Crippen molar-refractivity contribution in [1.82, 2.24) is 15.4 Å². The van der Waals surface area contributed by atoms with Crippen LogP contribution in [0.4, 0.5) is 6.01 Å². The Bertz CT molecular complexity index is 809. The van der Waals surface area contributed by atoms with E-state index in [1.165, 1.54) is 6.07 Å². The van der Waals surface area contributed by atoms with Crippen LogP contribution in [0.2, 0.25) is 0 Å². The number of benzene rings is 1. The van der Waals surface area contributed by atoms with E-state index in [2.05, 4.69) is 20.7 Å². The molecule has 112 valence electrons. The molecule has 3 aromatic rings. The predicted molar refractivity (Wildman–Crippen MR) is 75.5 cm³/mol. The first-order valence-electron chi connectivity index (χ1n) is 6.38. The average molecular weight is 300 g/mol. The van der Waals surface area contributed by atoms with E-state index in [1.807, 2.05) is 0 Å². The minimum Gasteiger partial charge on any atom is -0.497 e. The van der Waals surface area contributed by atoms with Gasteiger partial charge >= 0.3 is 6.01 Å². The minimum absolute atomic E-state index is 0.0246. The van der Waals surface area contributed by atoms with Gasteiger partial charge in [0, 0.05) is 11.6 Å². The maximum absolute atomic E-state index is 11.9. The second-order valence-electron chi connectivity index (χ2n) is 4.42. The highest BCUT2D eigenvalue weighted by molar-refractivity contribution is 6.01. The number of aryl methyl sites for hydroxylation is 1. The van der Waals surface area contributed by atoms with Gasteiger partial charge < -0.3 is 13.7 Å². The highest BCUT2D eigenvalue weighted by atomic mass is 16.5. The molecule has 0 aliphatic heterocycles. The van der Waals surface area contributed by atoms with E-state index in [1.54, 1.807) is 38.3 Å². The summed E-state index contributed by atoms with van der Waals surface area (Å²) in [7, 11) is 1.57. The average Bonchev–Trinajstić information content (AvgIpc) is 3.16. The molecule has 0 radical (unpaired) electrons. The molecule has 0 atom stereocenters. The summed E-state index contributed by atoms with van der Waals surface area (Å²) < 4.78 is 15.4. The summed E-state index contributed by atoms with van der Waals surface area (Å²) in [6, 6.07) is 8.63. The van der Waals surface area contributed by atoms with Gasteiger partial charge in [-0.3, -0.25) is 10.1 Å². The van der Waals surface area contributed by atoms with Crippen molar-refractivity contribution >= 4 is 11.9 Å². The number of carbonyl (C=O) groups excluding carboxylic acids is 1. The van der Waals surface area contributed by atoms with Crippen LogP contribution in [0.5, 0.6) is 5.75 Å². The Kier molecular flexibility index (Phi) is 3.57. The van der Waals surface area contributed by atoms with E-state index in [0.29, 0.717) is 17.1 Å². The first-order valence-corrected chi connectivity index (χ1v) is 6.38. The molecule has 0 spiro atoms. The van der Waals surface area contributed by atoms with Crippen LogP contribution in [-0.4, -0.2) is 28.4 Å². The molecule has 22 heavy (non-hydrogen) atoms. The fourth-order valence-electron chi connectivity index (χ4n) is 1.78. The van der Waals surface area contributed by atoms with Crippen molar-refractivity contribution in [3.63, 3.8) is 0 Å². The molecular formula is C14H12N4O4. The molecule has 0 aliphatic rings. The number of anilines is 1. The van der Waals surface area contributed by atoms with Crippen LogP contribution in [0.15, 0.2) is 39.3 Å². The molecule has 0 saturated carbocycles. The van der Waals surface area contributed by atoms with Crippen LogP contribution in [0, 0.1) is 6.92 Å². The fourth-order valence-corrected chi connectivity index (χ4v) is 1.78. The van der Waals surface area contributed by atoms with Crippen molar-refractivity contribution in [2.75, 3.05) is 12.4 Å². The first kappa shape index (κ1) is 13.8. The van der Waals surface area contributed by atoms with Gasteiger partial charge in [-0.15, -0.1) is 5.10 Å². The second-order valence-corrected chi connectivity index (χ2v) is 4.42. The van der Waals surface area contributed by atoms with Gasteiger partial charge in [-0.2, -0.15) is 0 Å². The van der Waals surface area contributed by atoms with E-state index < -0.39 is 5.91 Å². The van der Waals surface area contributed by atoms with Gasteiger partial charge in [-0.25, -0.2) is 0 Å². The number of rotatable bonds is 4. The van der Waals surface area contributed by atoms with Gasteiger partial charge in [-0.1, -0.05) is 16.3 Å². The molecule has 8 nitrogen and oxygen atoms in total. The van der Waals surface area contributed by atoms with Crippen LogP contribution in [0.3, 0.4) is 0 Å². The minimum atomic E-state index is -0.488. The number of carbonyl (C=O) groups is 1. The first-order chi connectivity index (χ1) is 10.7. The summed E-state index contributed by atoms with van der Waals surface area (Å²) in [6.45, 7) is 1.69. The Morgan fingerprint density at radius 3 is 2.86 bits per heavy atom. The molecule has 0 aliphatic carbocycles. The number of methoxy groups -OCH3 is 1. The van der Waals surface area contributed by atoms with Crippen molar-refractivity contribution in [3.8, 4) is 17.2 Å². The van der Waals surface area contributed by atoms with Crippen molar-refractivity contribution < 1.29 is 18.5 Å². The van der Waals surface area contributed by atoms with Crippen LogP contribution in [0.1, 0.15) is 16.2 Å². The normalized spacial score (nSPS) is 10.5. The number of amides is 1. The molecule has 1 aromatic carbocycles. The largest absolute Gasteiger partial charge is 0.497 e. The van der Waals surface area contributed by atoms with E-state index >= 15 is 0 Å². The number of ether oxygens (including phenoxy) is 1. The molecule has 0 fully saturated rings. The van der Waals surface area contributed by atoms with E-state index in [4.69, 9.17) is 13.7 Å². The van der Waals surface area contributed by atoms with Crippen LogP contribution in [0.25, 0.3) is 11.5 Å². The van der Waals surface area contributed by atoms with Crippen LogP contribution >= 0.6 is 0 Å². The third kappa shape index (κ3) is 2.80. The molecule has 3 rings (SSSR count). The van der Waals surface area contributed by atoms with Crippen molar-refractivity contribution in [2.24, 2.45) is 0 Å². The quantitative estimate of drug-likeness (QED) is 0.788. The SMILES string of the molecule is COc1cccc(-c2nnc(NC(=O)c3cc(C)on3)o2)c1. The predicted octanol–water partition coefficient (Wildman–Crippen LogP) is 2.29. The lowest BCUT2D eigenvalue weighted by Crippen LogP contribution is -2.12. The summed E-state index contributed by atoms with van der Waals surface area (Å²) in [5.74, 6) is 0.982. The third-order valence-electron chi connectivity index (χ3n) is 2.82. The summed E-state index contributed by atoms with van der Waals surface area (Å²) in [6.07, 6.45) is 0. The van der Waals surface area contributed by atoms with Crippen molar-refractivity contribution in [3.05, 3.63) is 41.8 Å². The summed E-state index contributed by atoms with van der Waals surface area (Å²) >= 11 is 0. The Morgan fingerprint density at radius 1 is 1.27 bits per heavy atom. The number of aromatic nitrogens is 3. The molecule has 1 amide bonds. The van der Waals surface area contributed by atoms with Gasteiger partial charge in [0.2, 0.25) is 5.89 Å². The van der Waals surface area contributed by atoms with Gasteiger partial charge in [0.05, 0.1) is 7.11 Å². The number of hydrogen-bond acceptors (Lipinski definition) is 7. The van der Waals surface area contributed by atoms with E-state index in [-0.39, 0.29) is 17.6 Å². The molecule has 0 saturated heterocycles. The monoisotopic (exact) mass is 300 g/mol. The molecule has 2 aromatic heterocycles. The summed E-state index contributed by atoms with van der Waals surface area (Å²) in [4.78, 5) is 11.9. The maximum Gasteiger partial charge on any atom is 0.322 e. The molecule has 2 heterocycles. The summed E-state index contributed by atoms with van der Waals surface area (Å²) in [5, 5.41) is 13.7. The van der Waals surface area contributed by atoms with Gasteiger partial charge in [0.15, 0.2) is 5.69 Å². The lowest BCUT2D eigenvalue weighted by molar-refractivity contribution is 0.101. The molecule has 1 N–H and O–H groups in total. The fraction of sp³-hybridized carbons (Fsp3) is 0.143. The number of hydrogen-bond donors (Lipinski definition) is 1. The summed E-state index contributed by atoms with van der Waals surface area (Å²) in [5.41, 5.74) is 0.822. The molecule has 0 bridgehead atoms. The lowest BCUT2D eigenvalue weighted by atomic mass is 10.2. The lowest BCUT2D eigenvalue weighted by Gasteiger charge is -2.00. The Labute approximate surface area is 125 Å². The highest BCUT2D eigenvalue weighted by Gasteiger charge is 2.15. The van der Waals surface area contributed by atoms with Crippen molar-refractivity contribution in [1.29, 1.82) is 0 Å². The zero-order valence-corrected chi connectivity index (χ0v) is 11.9. The van der Waals surface area contributed by atoms with Crippen molar-refractivity contribution in [2.45, 2.75) is 6.92 Å². The zero-order valence-electron chi connectivity index (χ0n) is 11.9. The maximum atomic E-state index is 11.9. The van der Waals surface area contributed by atoms with Gasteiger partial charge in [-0.05, 0) is 25.1 Å². The third-order valence-corrected chi connectivity index (χ3v) is 2.82. The van der Waals surface area contributed by atoms with E-state index in [0.717, 1.165) is 0 Å². The molecule has 0 unspecified atom stereocenters. The Balaban J connectivity index is 1.77. The zero-order chi connectivity index (χ0) is 15.5. The van der Waals surface area contributed by atoms with Gasteiger partial charge in [0.1, 0.15) is 11.5 Å². The topological polar surface area (TPSA) is 103 Å². The number of nitrogens with zero attached hydrogens (tertiary/aromatic N) is 3. The smallest absolute Gasteiger partial charge is 0.322 e. The number of nitrogens with one attached hydrogen (secondary N) is 1. The Hall–Kier alpha value is -3.16. The molecular weight excluding hydrogens is 288 g/mol.